The van der Waals surface area contributed by atoms with Crippen molar-refractivity contribution in [2.75, 3.05) is 4.90 Å². The number of rotatable bonds is 4. The first-order valence-corrected chi connectivity index (χ1v) is 12.0. The lowest BCUT2D eigenvalue weighted by Crippen LogP contribution is -2.31. The molecular formula is C30H24N4O3. The summed E-state index contributed by atoms with van der Waals surface area (Å²) in [6.07, 6.45) is 0. The Morgan fingerprint density at radius 2 is 1.27 bits per heavy atom. The molecule has 0 fully saturated rings. The Kier molecular flexibility index (Phi) is 4.98. The van der Waals surface area contributed by atoms with Gasteiger partial charge in [-0.3, -0.25) is 9.59 Å². The molecule has 0 atom stereocenters. The maximum absolute atomic E-state index is 13.4. The summed E-state index contributed by atoms with van der Waals surface area (Å²) >= 11 is 0. The highest BCUT2D eigenvalue weighted by molar-refractivity contribution is 6.35. The van der Waals surface area contributed by atoms with Gasteiger partial charge in [-0.25, -0.2) is 4.90 Å². The number of benzene rings is 4. The number of fused-ring (bicyclic) bond motifs is 2. The number of hydrogen-bond acceptors (Lipinski definition) is 5. The fourth-order valence-electron chi connectivity index (χ4n) is 5.18. The highest BCUT2D eigenvalue weighted by Crippen LogP contribution is 2.45. The predicted octanol–water partition coefficient (Wildman–Crippen LogP) is 5.56. The van der Waals surface area contributed by atoms with Crippen LogP contribution in [-0.4, -0.2) is 31.9 Å². The second-order valence-electron chi connectivity index (χ2n) is 9.73. The number of amides is 2. The molecule has 0 saturated heterocycles. The number of carbonyl (C=O) groups is 2. The SMILES string of the molecule is Cc1c(C(C)(C)c2ccccc2)cc(N2C(=O)c3ccccc3C2=O)c(O)c1-n1nc2ccccc2n1. The second-order valence-corrected chi connectivity index (χ2v) is 9.73. The molecule has 37 heavy (non-hydrogen) atoms. The normalized spacial score (nSPS) is 13.4. The minimum absolute atomic E-state index is 0.104. The van der Waals surface area contributed by atoms with Gasteiger partial charge in [0, 0.05) is 5.41 Å². The lowest BCUT2D eigenvalue weighted by molar-refractivity contribution is 0.0925. The molecule has 2 amide bonds. The molecule has 7 nitrogen and oxygen atoms in total. The summed E-state index contributed by atoms with van der Waals surface area (Å²) in [5, 5.41) is 20.8. The molecule has 1 aromatic heterocycles. The second kappa shape index (κ2) is 8.13. The van der Waals surface area contributed by atoms with E-state index in [9.17, 15) is 14.7 Å². The summed E-state index contributed by atoms with van der Waals surface area (Å²) in [7, 11) is 0. The van der Waals surface area contributed by atoms with E-state index in [1.807, 2.05) is 61.5 Å². The lowest BCUT2D eigenvalue weighted by atomic mass is 9.75. The van der Waals surface area contributed by atoms with Gasteiger partial charge in [0.25, 0.3) is 11.8 Å². The van der Waals surface area contributed by atoms with Crippen molar-refractivity contribution >= 4 is 28.5 Å². The number of imide groups is 1. The molecule has 5 aromatic rings. The molecule has 0 aliphatic carbocycles. The van der Waals surface area contributed by atoms with E-state index in [0.717, 1.165) is 21.6 Å². The standard InChI is InChI=1S/C30H24N4O3/c1-18-22(30(2,3)19-11-5-4-6-12-19)17-25(33-28(36)20-13-7-8-14-21(20)29(33)37)27(35)26(18)34-31-23-15-9-10-16-24(23)32-34/h4-17,35H,1-3H3. The molecule has 182 valence electrons. The van der Waals surface area contributed by atoms with Crippen LogP contribution in [0.15, 0.2) is 84.9 Å². The van der Waals surface area contributed by atoms with Crippen LogP contribution in [0.1, 0.15) is 51.3 Å². The first-order chi connectivity index (χ1) is 17.8. The van der Waals surface area contributed by atoms with Gasteiger partial charge >= 0.3 is 0 Å². The maximum atomic E-state index is 13.4. The van der Waals surface area contributed by atoms with Crippen LogP contribution in [-0.2, 0) is 5.41 Å². The number of nitrogens with zero attached hydrogens (tertiary/aromatic N) is 4. The van der Waals surface area contributed by atoms with Gasteiger partial charge in [-0.2, -0.15) is 0 Å². The van der Waals surface area contributed by atoms with Crippen LogP contribution in [0.4, 0.5) is 5.69 Å². The van der Waals surface area contributed by atoms with Crippen LogP contribution >= 0.6 is 0 Å². The largest absolute Gasteiger partial charge is 0.504 e. The molecule has 0 radical (unpaired) electrons. The summed E-state index contributed by atoms with van der Waals surface area (Å²) in [4.78, 5) is 29.3. The van der Waals surface area contributed by atoms with Crippen molar-refractivity contribution < 1.29 is 14.7 Å². The summed E-state index contributed by atoms with van der Waals surface area (Å²) in [6.45, 7) is 6.05. The number of aromatic hydroxyl groups is 1. The van der Waals surface area contributed by atoms with Crippen molar-refractivity contribution in [2.24, 2.45) is 0 Å². The first-order valence-electron chi connectivity index (χ1n) is 12.0. The maximum Gasteiger partial charge on any atom is 0.266 e. The molecule has 1 N–H and O–H groups in total. The molecule has 0 saturated carbocycles. The van der Waals surface area contributed by atoms with Crippen LogP contribution < -0.4 is 4.90 Å². The van der Waals surface area contributed by atoms with Crippen LogP contribution in [0.3, 0.4) is 0 Å². The van der Waals surface area contributed by atoms with Gasteiger partial charge in [0.15, 0.2) is 5.75 Å². The lowest BCUT2D eigenvalue weighted by Gasteiger charge is -2.31. The average molecular weight is 489 g/mol. The number of aromatic nitrogens is 3. The number of anilines is 1. The van der Waals surface area contributed by atoms with E-state index in [2.05, 4.69) is 24.0 Å². The third kappa shape index (κ3) is 3.35. The van der Waals surface area contributed by atoms with Crippen LogP contribution in [0.2, 0.25) is 0 Å². The van der Waals surface area contributed by atoms with Crippen molar-refractivity contribution in [3.8, 4) is 11.4 Å². The highest BCUT2D eigenvalue weighted by Gasteiger charge is 2.40. The Morgan fingerprint density at radius 1 is 0.757 bits per heavy atom. The van der Waals surface area contributed by atoms with Crippen molar-refractivity contribution in [3.63, 3.8) is 0 Å². The van der Waals surface area contributed by atoms with E-state index in [4.69, 9.17) is 0 Å². The Bertz CT molecular complexity index is 1650. The third-order valence-corrected chi connectivity index (χ3v) is 7.20. The van der Waals surface area contributed by atoms with Gasteiger partial charge in [-0.15, -0.1) is 15.0 Å². The zero-order valence-electron chi connectivity index (χ0n) is 20.6. The van der Waals surface area contributed by atoms with Crippen molar-refractivity contribution in [1.29, 1.82) is 0 Å². The smallest absolute Gasteiger partial charge is 0.266 e. The van der Waals surface area contributed by atoms with Gasteiger partial charge in [0.05, 0.1) is 16.8 Å². The van der Waals surface area contributed by atoms with E-state index >= 15 is 0 Å². The van der Waals surface area contributed by atoms with Crippen LogP contribution in [0.5, 0.6) is 5.75 Å². The molecule has 0 bridgehead atoms. The van der Waals surface area contributed by atoms with E-state index in [-0.39, 0.29) is 11.4 Å². The molecule has 4 aromatic carbocycles. The zero-order valence-corrected chi connectivity index (χ0v) is 20.6. The minimum Gasteiger partial charge on any atom is -0.504 e. The average Bonchev–Trinajstić information content (AvgIpc) is 3.44. The first kappa shape index (κ1) is 22.7. The van der Waals surface area contributed by atoms with Crippen LogP contribution in [0, 0.1) is 6.92 Å². The van der Waals surface area contributed by atoms with Gasteiger partial charge in [0.2, 0.25) is 0 Å². The Balaban J connectivity index is 1.64. The summed E-state index contributed by atoms with van der Waals surface area (Å²) in [6, 6.07) is 25.8. The molecular weight excluding hydrogens is 464 g/mol. The zero-order chi connectivity index (χ0) is 25.9. The molecule has 0 spiro atoms. The van der Waals surface area contributed by atoms with Crippen molar-refractivity contribution in [3.05, 3.63) is 113 Å². The Labute approximate surface area is 213 Å². The van der Waals surface area contributed by atoms with Gasteiger partial charge in [-0.05, 0) is 53.9 Å². The molecule has 1 aliphatic rings. The third-order valence-electron chi connectivity index (χ3n) is 7.20. The highest BCUT2D eigenvalue weighted by atomic mass is 16.3. The van der Waals surface area contributed by atoms with E-state index in [1.165, 1.54) is 4.80 Å². The van der Waals surface area contributed by atoms with E-state index < -0.39 is 17.2 Å². The fraction of sp³-hybridized carbons (Fsp3) is 0.133. The predicted molar refractivity (Wildman–Crippen MR) is 141 cm³/mol. The number of phenolic OH excluding ortho intramolecular Hbond substituents is 1. The number of hydrogen-bond donors (Lipinski definition) is 1. The minimum atomic E-state index is -0.534. The molecule has 2 heterocycles. The topological polar surface area (TPSA) is 88.3 Å². The fourth-order valence-corrected chi connectivity index (χ4v) is 5.18. The van der Waals surface area contributed by atoms with Crippen molar-refractivity contribution in [1.82, 2.24) is 15.0 Å². The number of phenols is 1. The summed E-state index contributed by atoms with van der Waals surface area (Å²) < 4.78 is 0. The molecule has 0 unspecified atom stereocenters. The monoisotopic (exact) mass is 488 g/mol. The van der Waals surface area contributed by atoms with Gasteiger partial charge < -0.3 is 5.11 Å². The summed E-state index contributed by atoms with van der Waals surface area (Å²) in [5.74, 6) is -1.19. The molecule has 7 heteroatoms. The Morgan fingerprint density at radius 3 is 1.84 bits per heavy atom. The molecule has 6 rings (SSSR count). The quantitative estimate of drug-likeness (QED) is 0.335. The Hall–Kier alpha value is -4.78. The van der Waals surface area contributed by atoms with Crippen LogP contribution in [0.25, 0.3) is 16.7 Å². The van der Waals surface area contributed by atoms with Gasteiger partial charge in [-0.1, -0.05) is 68.4 Å². The van der Waals surface area contributed by atoms with E-state index in [0.29, 0.717) is 27.8 Å². The summed E-state index contributed by atoms with van der Waals surface area (Å²) in [5.41, 5.74) is 4.45. The number of carbonyl (C=O) groups excluding carboxylic acids is 2. The van der Waals surface area contributed by atoms with Crippen molar-refractivity contribution in [2.45, 2.75) is 26.2 Å². The van der Waals surface area contributed by atoms with E-state index in [1.54, 1.807) is 30.3 Å². The molecule has 1 aliphatic heterocycles. The van der Waals surface area contributed by atoms with Gasteiger partial charge in [0.1, 0.15) is 16.7 Å².